The second-order valence-corrected chi connectivity index (χ2v) is 27.4. The van der Waals surface area contributed by atoms with Gasteiger partial charge >= 0.3 is 25.7 Å². The van der Waals surface area contributed by atoms with Crippen molar-refractivity contribution in [2.24, 2.45) is 0 Å². The van der Waals surface area contributed by atoms with E-state index in [1.54, 1.807) is 0 Å². The van der Waals surface area contributed by atoms with Gasteiger partial charge in [-0.05, 0) is 70.6 Å². The highest BCUT2D eigenvalue weighted by Crippen LogP contribution is 2.49. The summed E-state index contributed by atoms with van der Waals surface area (Å²) in [5, 5.41) is 110. The van der Waals surface area contributed by atoms with Crippen molar-refractivity contribution in [2.75, 3.05) is 26.4 Å². The Morgan fingerprint density at radius 1 is 0.404 bits per heavy atom. The van der Waals surface area contributed by atoms with Crippen LogP contribution in [-0.2, 0) is 61.2 Å². The number of phosphoric acid groups is 1. The van der Waals surface area contributed by atoms with E-state index in [0.29, 0.717) is 25.7 Å². The highest BCUT2D eigenvalue weighted by Gasteiger charge is 2.58. The molecule has 3 rings (SSSR count). The number of hydrogen-bond donors (Lipinski definition) is 11. The predicted molar refractivity (Wildman–Crippen MR) is 351 cm³/mol. The van der Waals surface area contributed by atoms with E-state index in [1.807, 2.05) is 0 Å². The number of ether oxygens (including phenoxy) is 7. The maximum absolute atomic E-state index is 14.3. The molecule has 94 heavy (non-hydrogen) atoms. The Kier molecular flexibility index (Phi) is 47.0. The van der Waals surface area contributed by atoms with E-state index in [2.05, 4.69) is 45.1 Å². The Bertz CT molecular complexity index is 2050. The number of aliphatic hydroxyl groups is 10. The number of carbonyl (C=O) groups excluding carboxylic acids is 3. The zero-order chi connectivity index (χ0) is 68.9. The van der Waals surface area contributed by atoms with Gasteiger partial charge in [0.2, 0.25) is 0 Å². The SMILES string of the molecule is CCCCCCCC/C=C\CCCCCC(=O)OC(COC(=O)CCCCCCCCCCCCCC)COP(=O)(O)OC1C(OC2OC(CO)C(O)C(O)C2O)C(O)C(O)C(O)C1OC1OC(COC(=O)CCCCC/C=C\CCCCCCCCC)C(O)C(O)C1O. The van der Waals surface area contributed by atoms with Crippen LogP contribution in [0.1, 0.15) is 265 Å². The van der Waals surface area contributed by atoms with Crippen LogP contribution < -0.4 is 0 Å². The number of phosphoric ester groups is 1. The molecule has 550 valence electrons. The van der Waals surface area contributed by atoms with Crippen LogP contribution in [0.5, 0.6) is 0 Å². The summed E-state index contributed by atoms with van der Waals surface area (Å²) >= 11 is 0. The van der Waals surface area contributed by atoms with Crippen LogP contribution in [0.2, 0.25) is 0 Å². The molecule has 3 aliphatic rings. The van der Waals surface area contributed by atoms with Crippen LogP contribution in [0.3, 0.4) is 0 Å². The van der Waals surface area contributed by atoms with E-state index in [0.717, 1.165) is 89.9 Å². The minimum absolute atomic E-state index is 0.00774. The molecule has 0 radical (unpaired) electrons. The van der Waals surface area contributed by atoms with Gasteiger partial charge in [0.1, 0.15) is 98.7 Å². The Hall–Kier alpha value is -2.56. The number of rotatable bonds is 55. The maximum atomic E-state index is 14.3. The minimum atomic E-state index is -5.70. The number of carbonyl (C=O) groups is 3. The van der Waals surface area contributed by atoms with Crippen molar-refractivity contribution in [1.29, 1.82) is 0 Å². The lowest BCUT2D eigenvalue weighted by atomic mass is 9.84. The van der Waals surface area contributed by atoms with Gasteiger partial charge < -0.3 is 89.1 Å². The molecule has 1 saturated carbocycles. The Morgan fingerprint density at radius 2 is 0.745 bits per heavy atom. The fourth-order valence-electron chi connectivity index (χ4n) is 11.7. The first-order valence-electron chi connectivity index (χ1n) is 36.1. The zero-order valence-electron chi connectivity index (χ0n) is 57.0. The fourth-order valence-corrected chi connectivity index (χ4v) is 12.7. The molecule has 0 spiro atoms. The molecular weight excluding hydrogens is 1240 g/mol. The molecule has 18 atom stereocenters. The second kappa shape index (κ2) is 51.6. The van der Waals surface area contributed by atoms with Crippen molar-refractivity contribution >= 4 is 25.7 Å². The Morgan fingerprint density at radius 3 is 1.16 bits per heavy atom. The number of allylic oxidation sites excluding steroid dienone is 4. The smallest absolute Gasteiger partial charge is 0.463 e. The number of unbranched alkanes of at least 4 members (excludes halogenated alkanes) is 30. The lowest BCUT2D eigenvalue weighted by Gasteiger charge is -2.49. The summed E-state index contributed by atoms with van der Waals surface area (Å²) in [6.07, 6.45) is 9.88. The third-order valence-electron chi connectivity index (χ3n) is 17.7. The summed E-state index contributed by atoms with van der Waals surface area (Å²) in [6, 6.07) is 0. The van der Waals surface area contributed by atoms with Crippen LogP contribution in [0.4, 0.5) is 0 Å². The van der Waals surface area contributed by atoms with Gasteiger partial charge in [0.05, 0.1) is 13.2 Å². The van der Waals surface area contributed by atoms with Crippen LogP contribution in [-0.4, -0.2) is 204 Å². The first-order valence-corrected chi connectivity index (χ1v) is 37.6. The van der Waals surface area contributed by atoms with Crippen molar-refractivity contribution in [2.45, 2.75) is 369 Å². The lowest BCUT2D eigenvalue weighted by Crippen LogP contribution is -2.69. The predicted octanol–water partition coefficient (Wildman–Crippen LogP) is 8.96. The van der Waals surface area contributed by atoms with E-state index < -0.39 is 156 Å². The van der Waals surface area contributed by atoms with E-state index in [-0.39, 0.29) is 19.3 Å². The van der Waals surface area contributed by atoms with Crippen molar-refractivity contribution in [3.63, 3.8) is 0 Å². The van der Waals surface area contributed by atoms with Crippen LogP contribution in [0.25, 0.3) is 0 Å². The molecule has 2 saturated heterocycles. The first kappa shape index (κ1) is 85.7. The summed E-state index contributed by atoms with van der Waals surface area (Å²) in [5.41, 5.74) is 0. The van der Waals surface area contributed by atoms with E-state index in [9.17, 15) is 74.9 Å². The molecule has 0 aromatic rings. The molecular formula is C69H125O24P. The molecule has 25 heteroatoms. The highest BCUT2D eigenvalue weighted by molar-refractivity contribution is 7.47. The fraction of sp³-hybridized carbons (Fsp3) is 0.899. The lowest BCUT2D eigenvalue weighted by molar-refractivity contribution is -0.360. The van der Waals surface area contributed by atoms with Gasteiger partial charge in [-0.25, -0.2) is 4.57 Å². The van der Waals surface area contributed by atoms with Gasteiger partial charge in [-0.1, -0.05) is 199 Å². The standard InChI is InChI=1S/C69H125O24P/c1-4-7-10-13-16-19-22-25-27-29-32-35-38-41-44-54(72)86-49-52-57(75)59(77)64(82)69(90-52)92-66-62(80)60(78)61(79)65(91-68-63(81)58(76)56(74)51(46-70)89-68)67(66)93-94(83,84)87-48-50(47-85-53(71)43-40-37-34-31-28-24-21-18-15-12-9-6-3)88-55(73)45-42-39-36-33-30-26-23-20-17-14-11-8-5-2/h26-27,29-30,50-52,56-70,74-82H,4-25,28,31-49H2,1-3H3,(H,83,84)/b29-27-,30-26-. The number of hydrogen-bond acceptors (Lipinski definition) is 23. The topological polar surface area (TPSA) is 374 Å². The third-order valence-corrected chi connectivity index (χ3v) is 18.7. The Labute approximate surface area is 560 Å². The molecule has 0 amide bonds. The molecule has 2 aliphatic heterocycles. The molecule has 24 nitrogen and oxygen atoms in total. The normalized spacial score (nSPS) is 28.4. The minimum Gasteiger partial charge on any atom is -0.463 e. The molecule has 3 fully saturated rings. The summed E-state index contributed by atoms with van der Waals surface area (Å²) < 4.78 is 64.8. The molecule has 0 aromatic heterocycles. The largest absolute Gasteiger partial charge is 0.472 e. The van der Waals surface area contributed by atoms with Crippen molar-refractivity contribution in [3.8, 4) is 0 Å². The first-order chi connectivity index (χ1) is 45.3. The van der Waals surface area contributed by atoms with Gasteiger partial charge in [0.15, 0.2) is 18.7 Å². The average Bonchev–Trinajstić information content (AvgIpc) is 0.766. The molecule has 1 aliphatic carbocycles. The van der Waals surface area contributed by atoms with Crippen molar-refractivity contribution < 1.29 is 117 Å². The molecule has 18 unspecified atom stereocenters. The van der Waals surface area contributed by atoms with Crippen LogP contribution >= 0.6 is 7.82 Å². The van der Waals surface area contributed by atoms with Gasteiger partial charge in [-0.2, -0.15) is 0 Å². The molecule has 2 heterocycles. The van der Waals surface area contributed by atoms with Gasteiger partial charge in [0.25, 0.3) is 0 Å². The van der Waals surface area contributed by atoms with Crippen molar-refractivity contribution in [3.05, 3.63) is 24.3 Å². The highest BCUT2D eigenvalue weighted by atomic mass is 31.2. The van der Waals surface area contributed by atoms with E-state index in [1.165, 1.54) is 109 Å². The molecule has 0 bridgehead atoms. The van der Waals surface area contributed by atoms with Crippen molar-refractivity contribution in [1.82, 2.24) is 0 Å². The summed E-state index contributed by atoms with van der Waals surface area (Å²) in [7, 11) is -5.70. The van der Waals surface area contributed by atoms with Gasteiger partial charge in [-0.3, -0.25) is 23.4 Å². The van der Waals surface area contributed by atoms with Crippen LogP contribution in [0.15, 0.2) is 24.3 Å². The molecule has 0 aromatic carbocycles. The second-order valence-electron chi connectivity index (χ2n) is 25.9. The van der Waals surface area contributed by atoms with E-state index in [4.69, 9.17) is 42.2 Å². The zero-order valence-corrected chi connectivity index (χ0v) is 57.9. The number of aliphatic hydroxyl groups excluding tert-OH is 10. The summed E-state index contributed by atoms with van der Waals surface area (Å²) in [5.74, 6) is -2.02. The Balaban J connectivity index is 1.76. The monoisotopic (exact) mass is 1370 g/mol. The van der Waals surface area contributed by atoms with E-state index >= 15 is 0 Å². The number of esters is 3. The average molecular weight is 1370 g/mol. The third kappa shape index (κ3) is 35.0. The summed E-state index contributed by atoms with van der Waals surface area (Å²) in [6.45, 7) is 3.38. The van der Waals surface area contributed by atoms with Crippen LogP contribution in [0, 0.1) is 0 Å². The maximum Gasteiger partial charge on any atom is 0.472 e. The molecule has 11 N–H and O–H groups in total. The quantitative estimate of drug-likeness (QED) is 0.00889. The van der Waals surface area contributed by atoms with Gasteiger partial charge in [0, 0.05) is 19.3 Å². The summed E-state index contributed by atoms with van der Waals surface area (Å²) in [4.78, 5) is 50.8. The van der Waals surface area contributed by atoms with Gasteiger partial charge in [-0.15, -0.1) is 0 Å².